The van der Waals surface area contributed by atoms with Gasteiger partial charge in [0.25, 0.3) is 0 Å². The highest BCUT2D eigenvalue weighted by Crippen LogP contribution is 2.34. The lowest BCUT2D eigenvalue weighted by molar-refractivity contribution is -0.138. The normalized spacial score (nSPS) is 11.4. The maximum absolute atomic E-state index is 13.0. The molecule has 0 aliphatic carbocycles. The lowest BCUT2D eigenvalue weighted by Gasteiger charge is -2.12. The average Bonchev–Trinajstić information content (AvgIpc) is 2.37. The summed E-state index contributed by atoms with van der Waals surface area (Å²) in [5.74, 6) is -2.01. The number of halogens is 4. The van der Waals surface area contributed by atoms with E-state index in [1.165, 1.54) is 12.3 Å². The summed E-state index contributed by atoms with van der Waals surface area (Å²) in [6.45, 7) is 0. The fraction of sp³-hybridized carbons (Fsp3) is 0.0769. The van der Waals surface area contributed by atoms with Crippen LogP contribution in [-0.2, 0) is 6.18 Å². The zero-order valence-corrected chi connectivity index (χ0v) is 9.91. The average molecular weight is 284 g/mol. The third-order valence-electron chi connectivity index (χ3n) is 2.63. The Labute approximate surface area is 111 Å². The summed E-state index contributed by atoms with van der Waals surface area (Å²) in [5.41, 5.74) is 3.36. The van der Waals surface area contributed by atoms with Crippen LogP contribution in [0.3, 0.4) is 0 Å². The van der Waals surface area contributed by atoms with Gasteiger partial charge in [0.2, 0.25) is 0 Å². The Kier molecular flexibility index (Phi) is 3.44. The number of hydrogen-bond donors (Lipinski definition) is 1. The molecule has 7 heteroatoms. The summed E-state index contributed by atoms with van der Waals surface area (Å²) in [7, 11) is 0. The van der Waals surface area contributed by atoms with Gasteiger partial charge in [-0.2, -0.15) is 13.2 Å². The van der Waals surface area contributed by atoms with Crippen LogP contribution in [0.5, 0.6) is 0 Å². The second-order valence-electron chi connectivity index (χ2n) is 3.98. The molecule has 2 rings (SSSR count). The molecule has 1 aromatic carbocycles. The molecule has 0 spiro atoms. The van der Waals surface area contributed by atoms with Crippen LogP contribution in [0.25, 0.3) is 0 Å². The summed E-state index contributed by atoms with van der Waals surface area (Å²) in [4.78, 5) is 15.8. The van der Waals surface area contributed by atoms with Crippen LogP contribution in [-0.4, -0.2) is 10.8 Å². The first-order valence-electron chi connectivity index (χ1n) is 5.41. The summed E-state index contributed by atoms with van der Waals surface area (Å²) < 4.78 is 51.5. The van der Waals surface area contributed by atoms with Crippen molar-refractivity contribution in [2.75, 3.05) is 5.73 Å². The maximum atomic E-state index is 13.0. The van der Waals surface area contributed by atoms with Crippen LogP contribution in [0.15, 0.2) is 36.7 Å². The van der Waals surface area contributed by atoms with Crippen molar-refractivity contribution < 1.29 is 22.4 Å². The van der Waals surface area contributed by atoms with Crippen LogP contribution in [0.4, 0.5) is 23.2 Å². The van der Waals surface area contributed by atoms with Gasteiger partial charge >= 0.3 is 6.18 Å². The second-order valence-corrected chi connectivity index (χ2v) is 3.98. The summed E-state index contributed by atoms with van der Waals surface area (Å²) in [5, 5.41) is 0. The van der Waals surface area contributed by atoms with Gasteiger partial charge in [-0.1, -0.05) is 0 Å². The van der Waals surface area contributed by atoms with Crippen molar-refractivity contribution in [3.8, 4) is 0 Å². The summed E-state index contributed by atoms with van der Waals surface area (Å²) in [6, 6.07) is 3.08. The highest BCUT2D eigenvalue weighted by Gasteiger charge is 2.36. The van der Waals surface area contributed by atoms with E-state index in [-0.39, 0.29) is 17.3 Å². The molecular weight excluding hydrogens is 276 g/mol. The molecule has 0 unspecified atom stereocenters. The minimum absolute atomic E-state index is 0.0463. The van der Waals surface area contributed by atoms with Crippen molar-refractivity contribution in [1.82, 2.24) is 4.98 Å². The van der Waals surface area contributed by atoms with Gasteiger partial charge in [0.05, 0.1) is 17.4 Å². The first kappa shape index (κ1) is 14.0. The van der Waals surface area contributed by atoms with E-state index in [2.05, 4.69) is 4.98 Å². The molecule has 0 radical (unpaired) electrons. The molecule has 0 saturated heterocycles. The first-order valence-corrected chi connectivity index (χ1v) is 5.41. The van der Waals surface area contributed by atoms with E-state index in [1.807, 2.05) is 0 Å². The van der Waals surface area contributed by atoms with Gasteiger partial charge in [-0.25, -0.2) is 4.39 Å². The molecule has 1 aromatic heterocycles. The predicted octanol–water partition coefficient (Wildman–Crippen LogP) is 3.05. The topological polar surface area (TPSA) is 56.0 Å². The highest BCUT2D eigenvalue weighted by molar-refractivity contribution is 6.12. The molecule has 0 aliphatic heterocycles. The standard InChI is InChI=1S/C13H8F4N2O/c14-7-1-2-8(10(5-7)13(15,16)17)12(20)9-3-4-19-6-11(9)18/h1-6H,18H2. The molecule has 2 aromatic rings. The van der Waals surface area contributed by atoms with E-state index < -0.39 is 28.9 Å². The van der Waals surface area contributed by atoms with E-state index in [0.717, 1.165) is 18.3 Å². The number of nitrogen functional groups attached to an aromatic ring is 1. The molecular formula is C13H8F4N2O. The fourth-order valence-electron chi connectivity index (χ4n) is 1.71. The Bertz CT molecular complexity index is 668. The monoisotopic (exact) mass is 284 g/mol. The first-order chi connectivity index (χ1) is 9.30. The number of carbonyl (C=O) groups is 1. The number of rotatable bonds is 2. The van der Waals surface area contributed by atoms with Gasteiger partial charge in [0, 0.05) is 17.3 Å². The minimum atomic E-state index is -4.84. The number of nitrogens with zero attached hydrogens (tertiary/aromatic N) is 1. The molecule has 20 heavy (non-hydrogen) atoms. The molecule has 3 nitrogen and oxygen atoms in total. The molecule has 0 bridgehead atoms. The molecule has 0 fully saturated rings. The van der Waals surface area contributed by atoms with Crippen molar-refractivity contribution in [2.45, 2.75) is 6.18 Å². The van der Waals surface area contributed by atoms with E-state index in [9.17, 15) is 22.4 Å². The SMILES string of the molecule is Nc1cnccc1C(=O)c1ccc(F)cc1C(F)(F)F. The van der Waals surface area contributed by atoms with E-state index >= 15 is 0 Å². The van der Waals surface area contributed by atoms with Crippen molar-refractivity contribution >= 4 is 11.5 Å². The quantitative estimate of drug-likeness (QED) is 0.681. The minimum Gasteiger partial charge on any atom is -0.397 e. The lowest BCUT2D eigenvalue weighted by Crippen LogP contribution is -2.15. The van der Waals surface area contributed by atoms with Gasteiger partial charge in [-0.15, -0.1) is 0 Å². The predicted molar refractivity (Wildman–Crippen MR) is 63.5 cm³/mol. The van der Waals surface area contributed by atoms with Gasteiger partial charge < -0.3 is 5.73 Å². The lowest BCUT2D eigenvalue weighted by atomic mass is 9.97. The molecule has 1 heterocycles. The van der Waals surface area contributed by atoms with Crippen molar-refractivity contribution in [2.24, 2.45) is 0 Å². The summed E-state index contributed by atoms with van der Waals surface area (Å²) >= 11 is 0. The molecule has 0 aliphatic rings. The van der Waals surface area contributed by atoms with E-state index in [0.29, 0.717) is 0 Å². The van der Waals surface area contributed by atoms with Crippen LogP contribution >= 0.6 is 0 Å². The van der Waals surface area contributed by atoms with Crippen LogP contribution in [0.1, 0.15) is 21.5 Å². The smallest absolute Gasteiger partial charge is 0.397 e. The van der Waals surface area contributed by atoms with Crippen LogP contribution in [0.2, 0.25) is 0 Å². The Balaban J connectivity index is 2.59. The molecule has 0 atom stereocenters. The van der Waals surface area contributed by atoms with Crippen molar-refractivity contribution in [3.05, 3.63) is 59.2 Å². The number of aromatic nitrogens is 1. The fourth-order valence-corrected chi connectivity index (χ4v) is 1.71. The number of ketones is 1. The van der Waals surface area contributed by atoms with Gasteiger partial charge in [0.1, 0.15) is 5.82 Å². The van der Waals surface area contributed by atoms with Gasteiger partial charge in [-0.05, 0) is 24.3 Å². The van der Waals surface area contributed by atoms with E-state index in [4.69, 9.17) is 5.73 Å². The second kappa shape index (κ2) is 4.92. The number of alkyl halides is 3. The molecule has 0 amide bonds. The number of anilines is 1. The number of carbonyl (C=O) groups excluding carboxylic acids is 1. The number of hydrogen-bond acceptors (Lipinski definition) is 3. The van der Waals surface area contributed by atoms with Gasteiger partial charge in [0.15, 0.2) is 5.78 Å². The largest absolute Gasteiger partial charge is 0.417 e. The Hall–Kier alpha value is -2.44. The zero-order chi connectivity index (χ0) is 14.9. The number of pyridine rings is 1. The van der Waals surface area contributed by atoms with Crippen LogP contribution < -0.4 is 5.73 Å². The van der Waals surface area contributed by atoms with Crippen molar-refractivity contribution in [3.63, 3.8) is 0 Å². The third-order valence-corrected chi connectivity index (χ3v) is 2.63. The zero-order valence-electron chi connectivity index (χ0n) is 9.91. The maximum Gasteiger partial charge on any atom is 0.417 e. The highest BCUT2D eigenvalue weighted by atomic mass is 19.4. The van der Waals surface area contributed by atoms with Gasteiger partial charge in [-0.3, -0.25) is 9.78 Å². The van der Waals surface area contributed by atoms with Crippen LogP contribution in [0, 0.1) is 5.82 Å². The number of benzene rings is 1. The third kappa shape index (κ3) is 2.61. The Morgan fingerprint density at radius 3 is 2.45 bits per heavy atom. The Morgan fingerprint density at radius 2 is 1.85 bits per heavy atom. The molecule has 0 saturated carbocycles. The molecule has 2 N–H and O–H groups in total. The van der Waals surface area contributed by atoms with E-state index in [1.54, 1.807) is 0 Å². The molecule has 104 valence electrons. The Morgan fingerprint density at radius 1 is 1.15 bits per heavy atom. The van der Waals surface area contributed by atoms with Crippen molar-refractivity contribution in [1.29, 1.82) is 0 Å². The number of nitrogens with two attached hydrogens (primary N) is 1. The summed E-state index contributed by atoms with van der Waals surface area (Å²) in [6.07, 6.45) is -2.45.